The molecule has 1 heterocycles. The Kier molecular flexibility index (Phi) is 2.39. The summed E-state index contributed by atoms with van der Waals surface area (Å²) in [5.74, 6) is 0.905. The highest BCUT2D eigenvalue weighted by atomic mass is 16.5. The second-order valence-corrected chi connectivity index (χ2v) is 4.92. The fourth-order valence-electron chi connectivity index (χ4n) is 2.08. The SMILES string of the molecule is O=C(O)C1(NCc2noc(C3CC3)n2)CCC1. The summed E-state index contributed by atoms with van der Waals surface area (Å²) in [4.78, 5) is 15.4. The Morgan fingerprint density at radius 3 is 2.82 bits per heavy atom. The van der Waals surface area contributed by atoms with Gasteiger partial charge in [-0.25, -0.2) is 0 Å². The first-order valence-corrected chi connectivity index (χ1v) is 6.00. The summed E-state index contributed by atoms with van der Waals surface area (Å²) in [6, 6.07) is 0. The highest BCUT2D eigenvalue weighted by molar-refractivity contribution is 5.79. The van der Waals surface area contributed by atoms with E-state index in [-0.39, 0.29) is 0 Å². The molecule has 0 radical (unpaired) electrons. The van der Waals surface area contributed by atoms with Crippen LogP contribution in [-0.2, 0) is 11.3 Å². The molecule has 0 bridgehead atoms. The molecule has 1 aromatic rings. The number of hydrogen-bond acceptors (Lipinski definition) is 5. The normalized spacial score (nSPS) is 22.1. The van der Waals surface area contributed by atoms with Crippen LogP contribution in [0.15, 0.2) is 4.52 Å². The molecule has 17 heavy (non-hydrogen) atoms. The zero-order valence-corrected chi connectivity index (χ0v) is 9.48. The molecule has 2 fully saturated rings. The number of rotatable bonds is 5. The summed E-state index contributed by atoms with van der Waals surface area (Å²) in [5.41, 5.74) is -0.764. The van der Waals surface area contributed by atoms with E-state index in [9.17, 15) is 4.79 Å². The maximum Gasteiger partial charge on any atom is 0.323 e. The number of carboxylic acids is 1. The van der Waals surface area contributed by atoms with Crippen LogP contribution in [0.2, 0.25) is 0 Å². The van der Waals surface area contributed by atoms with Gasteiger partial charge in [-0.1, -0.05) is 5.16 Å². The number of hydrogen-bond donors (Lipinski definition) is 2. The van der Waals surface area contributed by atoms with E-state index in [2.05, 4.69) is 15.5 Å². The number of nitrogens with zero attached hydrogens (tertiary/aromatic N) is 2. The fourth-order valence-corrected chi connectivity index (χ4v) is 2.08. The van der Waals surface area contributed by atoms with Crippen molar-refractivity contribution in [2.75, 3.05) is 0 Å². The smallest absolute Gasteiger partial charge is 0.323 e. The number of aliphatic carboxylic acids is 1. The van der Waals surface area contributed by atoms with E-state index < -0.39 is 11.5 Å². The molecule has 0 atom stereocenters. The minimum absolute atomic E-state index is 0.364. The first kappa shape index (κ1) is 10.7. The quantitative estimate of drug-likeness (QED) is 0.795. The number of carboxylic acid groups (broad SMARTS) is 1. The standard InChI is InChI=1S/C11H15N3O3/c15-10(16)11(4-1-5-11)12-6-8-13-9(17-14-8)7-2-3-7/h7,12H,1-6H2,(H,15,16). The second-order valence-electron chi connectivity index (χ2n) is 4.92. The van der Waals surface area contributed by atoms with Crippen LogP contribution in [-0.4, -0.2) is 26.8 Å². The molecule has 1 aromatic heterocycles. The van der Waals surface area contributed by atoms with Crippen LogP contribution in [0.1, 0.15) is 49.7 Å². The van der Waals surface area contributed by atoms with Crippen LogP contribution in [0.25, 0.3) is 0 Å². The second kappa shape index (κ2) is 3.80. The van der Waals surface area contributed by atoms with E-state index in [1.807, 2.05) is 0 Å². The minimum atomic E-state index is -0.783. The van der Waals surface area contributed by atoms with Crippen LogP contribution in [0, 0.1) is 0 Å². The molecule has 0 aromatic carbocycles. The summed E-state index contributed by atoms with van der Waals surface area (Å²) >= 11 is 0. The zero-order valence-electron chi connectivity index (χ0n) is 9.48. The van der Waals surface area contributed by atoms with Gasteiger partial charge < -0.3 is 9.63 Å². The Morgan fingerprint density at radius 2 is 2.29 bits per heavy atom. The molecule has 0 saturated heterocycles. The fraction of sp³-hybridized carbons (Fsp3) is 0.727. The molecule has 0 aliphatic heterocycles. The van der Waals surface area contributed by atoms with Gasteiger partial charge in [0.2, 0.25) is 5.89 Å². The van der Waals surface area contributed by atoms with Gasteiger partial charge >= 0.3 is 5.97 Å². The number of nitrogens with one attached hydrogen (secondary N) is 1. The average Bonchev–Trinajstić information content (AvgIpc) is 2.97. The third-order valence-corrected chi connectivity index (χ3v) is 3.61. The summed E-state index contributed by atoms with van der Waals surface area (Å²) in [6.45, 7) is 0.364. The molecule has 3 rings (SSSR count). The van der Waals surface area contributed by atoms with E-state index in [0.717, 1.165) is 19.3 Å². The lowest BCUT2D eigenvalue weighted by Crippen LogP contribution is -2.56. The minimum Gasteiger partial charge on any atom is -0.480 e. The predicted octanol–water partition coefficient (Wildman–Crippen LogP) is 1.04. The Balaban J connectivity index is 1.60. The molecule has 92 valence electrons. The van der Waals surface area contributed by atoms with Crippen molar-refractivity contribution in [1.29, 1.82) is 0 Å². The van der Waals surface area contributed by atoms with Gasteiger partial charge in [0.05, 0.1) is 6.54 Å². The maximum atomic E-state index is 11.1. The van der Waals surface area contributed by atoms with Crippen LogP contribution >= 0.6 is 0 Å². The average molecular weight is 237 g/mol. The zero-order chi connectivity index (χ0) is 11.9. The van der Waals surface area contributed by atoms with Crippen LogP contribution < -0.4 is 5.32 Å². The highest BCUT2D eigenvalue weighted by Crippen LogP contribution is 2.39. The van der Waals surface area contributed by atoms with Gasteiger partial charge in [0.1, 0.15) is 5.54 Å². The van der Waals surface area contributed by atoms with E-state index in [1.54, 1.807) is 0 Å². The van der Waals surface area contributed by atoms with Gasteiger partial charge in [0, 0.05) is 5.92 Å². The molecule has 0 amide bonds. The molecule has 0 spiro atoms. The van der Waals surface area contributed by atoms with Gasteiger partial charge in [-0.05, 0) is 32.1 Å². The molecule has 6 heteroatoms. The van der Waals surface area contributed by atoms with Crippen molar-refractivity contribution in [3.8, 4) is 0 Å². The Bertz CT molecular complexity index is 435. The van der Waals surface area contributed by atoms with Gasteiger partial charge in [0.25, 0.3) is 0 Å². The lowest BCUT2D eigenvalue weighted by Gasteiger charge is -2.38. The van der Waals surface area contributed by atoms with Crippen LogP contribution in [0.4, 0.5) is 0 Å². The maximum absolute atomic E-state index is 11.1. The number of carbonyl (C=O) groups is 1. The summed E-state index contributed by atoms with van der Waals surface area (Å²) in [7, 11) is 0. The number of aromatic nitrogens is 2. The molecule has 2 saturated carbocycles. The topological polar surface area (TPSA) is 88.2 Å². The molecule has 2 aliphatic rings. The Hall–Kier alpha value is -1.43. The van der Waals surface area contributed by atoms with Crippen molar-refractivity contribution in [1.82, 2.24) is 15.5 Å². The molecular weight excluding hydrogens is 222 g/mol. The van der Waals surface area contributed by atoms with Gasteiger partial charge in [-0.15, -0.1) is 0 Å². The Morgan fingerprint density at radius 1 is 1.53 bits per heavy atom. The van der Waals surface area contributed by atoms with Crippen molar-refractivity contribution in [2.24, 2.45) is 0 Å². The molecule has 2 N–H and O–H groups in total. The monoisotopic (exact) mass is 237 g/mol. The lowest BCUT2D eigenvalue weighted by atomic mass is 9.77. The van der Waals surface area contributed by atoms with Gasteiger partial charge in [-0.2, -0.15) is 4.98 Å². The first-order valence-electron chi connectivity index (χ1n) is 6.00. The van der Waals surface area contributed by atoms with Crippen molar-refractivity contribution in [3.05, 3.63) is 11.7 Å². The molecule has 0 unspecified atom stereocenters. The largest absolute Gasteiger partial charge is 0.480 e. The van der Waals surface area contributed by atoms with E-state index >= 15 is 0 Å². The highest BCUT2D eigenvalue weighted by Gasteiger charge is 2.44. The molecule has 6 nitrogen and oxygen atoms in total. The van der Waals surface area contributed by atoms with Crippen LogP contribution in [0.3, 0.4) is 0 Å². The van der Waals surface area contributed by atoms with Gasteiger partial charge in [-0.3, -0.25) is 10.1 Å². The van der Waals surface area contributed by atoms with Gasteiger partial charge in [0.15, 0.2) is 5.82 Å². The van der Waals surface area contributed by atoms with E-state index in [1.165, 1.54) is 0 Å². The van der Waals surface area contributed by atoms with Crippen molar-refractivity contribution in [2.45, 2.75) is 50.1 Å². The van der Waals surface area contributed by atoms with Crippen LogP contribution in [0.5, 0.6) is 0 Å². The summed E-state index contributed by atoms with van der Waals surface area (Å²) in [5, 5.41) is 16.0. The summed E-state index contributed by atoms with van der Waals surface area (Å²) in [6.07, 6.45) is 4.55. The molecular formula is C11H15N3O3. The predicted molar refractivity (Wildman–Crippen MR) is 57.3 cm³/mol. The van der Waals surface area contributed by atoms with E-state index in [0.29, 0.717) is 37.0 Å². The summed E-state index contributed by atoms with van der Waals surface area (Å²) < 4.78 is 5.12. The molecule has 2 aliphatic carbocycles. The third-order valence-electron chi connectivity index (χ3n) is 3.61. The first-order chi connectivity index (χ1) is 8.20. The van der Waals surface area contributed by atoms with Crippen molar-refractivity contribution < 1.29 is 14.4 Å². The third kappa shape index (κ3) is 1.93. The van der Waals surface area contributed by atoms with Crippen molar-refractivity contribution >= 4 is 5.97 Å². The Labute approximate surface area is 98.4 Å². The van der Waals surface area contributed by atoms with Crippen molar-refractivity contribution in [3.63, 3.8) is 0 Å². The lowest BCUT2D eigenvalue weighted by molar-refractivity contribution is -0.148. The van der Waals surface area contributed by atoms with E-state index in [4.69, 9.17) is 9.63 Å².